The van der Waals surface area contributed by atoms with Crippen molar-refractivity contribution in [3.05, 3.63) is 44.7 Å². The number of rotatable bonds is 4. The van der Waals surface area contributed by atoms with Crippen molar-refractivity contribution in [3.63, 3.8) is 0 Å². The van der Waals surface area contributed by atoms with E-state index >= 15 is 0 Å². The zero-order valence-electron chi connectivity index (χ0n) is 13.6. The van der Waals surface area contributed by atoms with E-state index in [1.54, 1.807) is 18.2 Å². The van der Waals surface area contributed by atoms with Gasteiger partial charge in [0.25, 0.3) is 5.91 Å². The van der Waals surface area contributed by atoms with Crippen molar-refractivity contribution in [2.45, 2.75) is 32.4 Å². The summed E-state index contributed by atoms with van der Waals surface area (Å²) in [6.45, 7) is 3.53. The summed E-state index contributed by atoms with van der Waals surface area (Å²) < 4.78 is 12.9. The molecule has 1 aromatic carbocycles. The third kappa shape index (κ3) is 3.88. The topological polar surface area (TPSA) is 52.8 Å². The van der Waals surface area contributed by atoms with Crippen molar-refractivity contribution < 1.29 is 14.3 Å². The molecule has 0 radical (unpaired) electrons. The van der Waals surface area contributed by atoms with E-state index < -0.39 is 0 Å². The van der Waals surface area contributed by atoms with Gasteiger partial charge in [-0.2, -0.15) is 4.99 Å². The number of carbonyl (C=O) groups is 1. The summed E-state index contributed by atoms with van der Waals surface area (Å²) >= 11 is 7.44. The molecule has 1 saturated heterocycles. The van der Waals surface area contributed by atoms with Crippen molar-refractivity contribution in [1.82, 2.24) is 4.57 Å². The van der Waals surface area contributed by atoms with Crippen molar-refractivity contribution in [2.24, 2.45) is 4.99 Å². The summed E-state index contributed by atoms with van der Waals surface area (Å²) in [5.74, 6) is 0.0849. The molecule has 3 rings (SSSR count). The quantitative estimate of drug-likeness (QED) is 0.832. The summed E-state index contributed by atoms with van der Waals surface area (Å²) in [5.41, 5.74) is 0.400. The van der Waals surface area contributed by atoms with Crippen LogP contribution in [0.4, 0.5) is 0 Å². The summed E-state index contributed by atoms with van der Waals surface area (Å²) in [7, 11) is 1.51. The van der Waals surface area contributed by atoms with Gasteiger partial charge in [-0.15, -0.1) is 11.3 Å². The van der Waals surface area contributed by atoms with Gasteiger partial charge in [0, 0.05) is 22.7 Å². The first-order chi connectivity index (χ1) is 11.6. The number of nitrogens with zero attached hydrogens (tertiary/aromatic N) is 2. The lowest BCUT2D eigenvalue weighted by Crippen LogP contribution is -2.23. The van der Waals surface area contributed by atoms with Gasteiger partial charge < -0.3 is 14.0 Å². The van der Waals surface area contributed by atoms with Crippen LogP contribution < -0.4 is 9.54 Å². The molecule has 1 aromatic heterocycles. The normalized spacial score (nSPS) is 18.1. The van der Waals surface area contributed by atoms with Gasteiger partial charge in [-0.05, 0) is 38.0 Å². The first kappa shape index (κ1) is 17.2. The van der Waals surface area contributed by atoms with E-state index in [0.29, 0.717) is 27.7 Å². The van der Waals surface area contributed by atoms with Gasteiger partial charge in [0.15, 0.2) is 4.80 Å². The number of hydrogen-bond donors (Lipinski definition) is 0. The molecule has 0 spiro atoms. The molecule has 1 aliphatic heterocycles. The molecular weight excluding hydrogens is 348 g/mol. The molecule has 1 aliphatic rings. The molecular formula is C17H19ClN2O3S. The number of ether oxygens (including phenoxy) is 2. The van der Waals surface area contributed by atoms with Gasteiger partial charge >= 0.3 is 0 Å². The summed E-state index contributed by atoms with van der Waals surface area (Å²) in [6.07, 6.45) is 4.33. The van der Waals surface area contributed by atoms with Crippen molar-refractivity contribution >= 4 is 28.8 Å². The number of methoxy groups -OCH3 is 1. The van der Waals surface area contributed by atoms with Gasteiger partial charge in [-0.3, -0.25) is 4.79 Å². The largest absolute Gasteiger partial charge is 0.496 e. The van der Waals surface area contributed by atoms with E-state index in [4.69, 9.17) is 21.1 Å². The van der Waals surface area contributed by atoms with Gasteiger partial charge in [-0.1, -0.05) is 11.6 Å². The fraction of sp³-hybridized carbons (Fsp3) is 0.412. The van der Waals surface area contributed by atoms with Crippen LogP contribution in [-0.4, -0.2) is 30.3 Å². The van der Waals surface area contributed by atoms with E-state index in [9.17, 15) is 4.79 Å². The van der Waals surface area contributed by atoms with Crippen LogP contribution in [-0.2, 0) is 11.3 Å². The summed E-state index contributed by atoms with van der Waals surface area (Å²) in [6, 6.07) is 4.91. The van der Waals surface area contributed by atoms with Crippen molar-refractivity contribution in [2.75, 3.05) is 13.7 Å². The minimum Gasteiger partial charge on any atom is -0.496 e. The van der Waals surface area contributed by atoms with Crippen molar-refractivity contribution in [1.29, 1.82) is 0 Å². The van der Waals surface area contributed by atoms with Crippen molar-refractivity contribution in [3.8, 4) is 5.75 Å². The molecule has 5 nitrogen and oxygen atoms in total. The Morgan fingerprint density at radius 1 is 1.54 bits per heavy atom. The van der Waals surface area contributed by atoms with E-state index in [-0.39, 0.29) is 12.0 Å². The maximum absolute atomic E-state index is 12.6. The maximum atomic E-state index is 12.6. The second kappa shape index (κ2) is 7.51. The third-order valence-electron chi connectivity index (χ3n) is 3.85. The second-order valence-electron chi connectivity index (χ2n) is 5.67. The lowest BCUT2D eigenvalue weighted by Gasteiger charge is -2.10. The highest BCUT2D eigenvalue weighted by Crippen LogP contribution is 2.23. The molecule has 0 N–H and O–H groups in total. The minimum atomic E-state index is -0.341. The summed E-state index contributed by atoms with van der Waals surface area (Å²) in [4.78, 5) is 18.6. The minimum absolute atomic E-state index is 0.193. The molecule has 1 fully saturated rings. The SMILES string of the molecule is COc1cc(Cl)ccc1C(=O)/N=c1\sc(C)cn1CC1CCCO1. The Balaban J connectivity index is 1.92. The molecule has 1 unspecified atom stereocenters. The Morgan fingerprint density at radius 3 is 3.08 bits per heavy atom. The second-order valence-corrected chi connectivity index (χ2v) is 7.32. The fourth-order valence-corrected chi connectivity index (χ4v) is 3.72. The van der Waals surface area contributed by atoms with Gasteiger partial charge in [0.1, 0.15) is 5.75 Å². The smallest absolute Gasteiger partial charge is 0.283 e. The maximum Gasteiger partial charge on any atom is 0.283 e. The molecule has 0 bridgehead atoms. The first-order valence-corrected chi connectivity index (χ1v) is 8.97. The third-order valence-corrected chi connectivity index (χ3v) is 5.02. The Kier molecular flexibility index (Phi) is 5.38. The van der Waals surface area contributed by atoms with E-state index in [0.717, 1.165) is 24.3 Å². The average molecular weight is 367 g/mol. The standard InChI is InChI=1S/C17H19ClN2O3S/c1-11-9-20(10-13-4-3-7-23-13)17(24-11)19-16(21)14-6-5-12(18)8-15(14)22-2/h5-6,8-9,13H,3-4,7,10H2,1-2H3/b19-17-. The van der Waals surface area contributed by atoms with Crippen LogP contribution >= 0.6 is 22.9 Å². The lowest BCUT2D eigenvalue weighted by atomic mass is 10.2. The van der Waals surface area contributed by atoms with Gasteiger partial charge in [0.05, 0.1) is 25.3 Å². The first-order valence-electron chi connectivity index (χ1n) is 7.78. The highest BCUT2D eigenvalue weighted by Gasteiger charge is 2.18. The van der Waals surface area contributed by atoms with E-state index in [1.165, 1.54) is 18.4 Å². The van der Waals surface area contributed by atoms with Crippen LogP contribution in [0.25, 0.3) is 0 Å². The number of hydrogen-bond acceptors (Lipinski definition) is 4. The Hall–Kier alpha value is -1.63. The number of benzene rings is 1. The van der Waals surface area contributed by atoms with Gasteiger partial charge in [0.2, 0.25) is 0 Å². The number of aromatic nitrogens is 1. The number of thiazole rings is 1. The molecule has 7 heteroatoms. The molecule has 1 atom stereocenters. The van der Waals surface area contributed by atoms with Crippen LogP contribution in [0.1, 0.15) is 28.1 Å². The van der Waals surface area contributed by atoms with Crippen LogP contribution in [0.15, 0.2) is 29.4 Å². The van der Waals surface area contributed by atoms with Crippen LogP contribution in [0.3, 0.4) is 0 Å². The van der Waals surface area contributed by atoms with E-state index in [2.05, 4.69) is 4.99 Å². The monoisotopic (exact) mass is 366 g/mol. The lowest BCUT2D eigenvalue weighted by molar-refractivity contribution is 0.0949. The fourth-order valence-electron chi connectivity index (χ4n) is 2.72. The number of amides is 1. The van der Waals surface area contributed by atoms with Gasteiger partial charge in [-0.25, -0.2) is 0 Å². The molecule has 1 amide bonds. The summed E-state index contributed by atoms with van der Waals surface area (Å²) in [5, 5.41) is 0.517. The highest BCUT2D eigenvalue weighted by molar-refractivity contribution is 7.09. The Bertz CT molecular complexity index is 806. The predicted octanol–water partition coefficient (Wildman–Crippen LogP) is 3.44. The molecule has 24 heavy (non-hydrogen) atoms. The van der Waals surface area contributed by atoms with E-state index in [1.807, 2.05) is 17.7 Å². The van der Waals surface area contributed by atoms with Crippen LogP contribution in [0, 0.1) is 6.92 Å². The average Bonchev–Trinajstić information content (AvgIpc) is 3.17. The number of aryl methyl sites for hydroxylation is 1. The zero-order valence-corrected chi connectivity index (χ0v) is 15.2. The van der Waals surface area contributed by atoms with Crippen LogP contribution in [0.2, 0.25) is 5.02 Å². The number of halogens is 1. The zero-order chi connectivity index (χ0) is 17.1. The Morgan fingerprint density at radius 2 is 2.38 bits per heavy atom. The molecule has 2 heterocycles. The molecule has 0 aliphatic carbocycles. The molecule has 2 aromatic rings. The number of carbonyl (C=O) groups excluding carboxylic acids is 1. The van der Waals surface area contributed by atoms with Crippen LogP contribution in [0.5, 0.6) is 5.75 Å². The molecule has 0 saturated carbocycles. The molecule has 128 valence electrons. The predicted molar refractivity (Wildman–Crippen MR) is 93.9 cm³/mol. The Labute approximate surface area is 149 Å². The highest BCUT2D eigenvalue weighted by atomic mass is 35.5.